The molecule has 3 aliphatic rings. The largest absolute Gasteiger partial charge is 0.480 e. The van der Waals surface area contributed by atoms with E-state index in [2.05, 4.69) is 5.32 Å². The van der Waals surface area contributed by atoms with E-state index < -0.39 is 11.7 Å². The van der Waals surface area contributed by atoms with Crippen LogP contribution in [0.15, 0.2) is 21.3 Å². The average molecular weight is 483 g/mol. The van der Waals surface area contributed by atoms with Gasteiger partial charge in [-0.3, -0.25) is 9.59 Å². The van der Waals surface area contributed by atoms with Gasteiger partial charge in [0, 0.05) is 24.6 Å². The molecular formula is C27H34N2O6. The third-order valence-electron chi connectivity index (χ3n) is 8.05. The van der Waals surface area contributed by atoms with Crippen molar-refractivity contribution in [1.82, 2.24) is 10.2 Å². The molecule has 1 aliphatic heterocycles. The molecule has 2 amide bonds. The van der Waals surface area contributed by atoms with Gasteiger partial charge in [-0.1, -0.05) is 12.8 Å². The van der Waals surface area contributed by atoms with Crippen LogP contribution in [0.1, 0.15) is 62.1 Å². The Hall–Kier alpha value is -2.87. The zero-order valence-electron chi connectivity index (χ0n) is 20.5. The lowest BCUT2D eigenvalue weighted by molar-refractivity contribution is -0.144. The number of amides is 2. The Bertz CT molecular complexity index is 1220. The summed E-state index contributed by atoms with van der Waals surface area (Å²) in [5, 5.41) is 14.3. The van der Waals surface area contributed by atoms with Crippen LogP contribution in [0.4, 0.5) is 0 Å². The van der Waals surface area contributed by atoms with Gasteiger partial charge in [0.05, 0.1) is 17.5 Å². The third-order valence-corrected chi connectivity index (χ3v) is 8.05. The van der Waals surface area contributed by atoms with Gasteiger partial charge < -0.3 is 24.5 Å². The molecule has 188 valence electrons. The first-order valence-corrected chi connectivity index (χ1v) is 12.8. The lowest BCUT2D eigenvalue weighted by Gasteiger charge is -2.47. The quantitative estimate of drug-likeness (QED) is 0.634. The fourth-order valence-electron chi connectivity index (χ4n) is 6.06. The number of piperidine rings is 1. The van der Waals surface area contributed by atoms with E-state index in [9.17, 15) is 19.5 Å². The number of hydrogen-bond acceptors (Lipinski definition) is 6. The van der Waals surface area contributed by atoms with Crippen LogP contribution in [-0.2, 0) is 22.4 Å². The molecule has 2 aromatic rings. The number of carbonyl (C=O) groups is 2. The zero-order chi connectivity index (χ0) is 24.7. The Morgan fingerprint density at radius 2 is 2.03 bits per heavy atom. The Labute approximate surface area is 204 Å². The number of fused-ring (bicyclic) bond motifs is 4. The van der Waals surface area contributed by atoms with Gasteiger partial charge in [-0.2, -0.15) is 0 Å². The molecule has 0 unspecified atom stereocenters. The highest BCUT2D eigenvalue weighted by molar-refractivity contribution is 5.90. The molecule has 2 heterocycles. The smallest absolute Gasteiger partial charge is 0.339 e. The standard InChI is InChI=1S/C27H34N2O6/c1-16-12-21(24-19-7-5-8-20(19)26(32)35-22(24)13-16)34-17(2)25(31)28-14-23(30)29-11-10-27(33)9-4-3-6-18(27)15-29/h12-13,17-18,33H,3-11,14-15H2,1-2H3,(H,28,31)/t17-,18+,27+/m1/s1. The molecule has 8 nitrogen and oxygen atoms in total. The van der Waals surface area contributed by atoms with Crippen molar-refractivity contribution in [3.63, 3.8) is 0 Å². The first-order valence-electron chi connectivity index (χ1n) is 12.8. The average Bonchev–Trinajstić information content (AvgIpc) is 3.32. The number of aliphatic hydroxyl groups is 1. The van der Waals surface area contributed by atoms with E-state index in [-0.39, 0.29) is 29.9 Å². The number of nitrogens with zero attached hydrogens (tertiary/aromatic N) is 1. The normalized spacial score (nSPS) is 24.5. The molecule has 0 radical (unpaired) electrons. The first-order chi connectivity index (χ1) is 16.7. The molecule has 1 saturated carbocycles. The molecule has 5 rings (SSSR count). The van der Waals surface area contributed by atoms with E-state index in [0.717, 1.165) is 55.0 Å². The van der Waals surface area contributed by atoms with Gasteiger partial charge in [-0.05, 0) is 75.6 Å². The molecule has 3 atom stereocenters. The number of benzene rings is 1. The first kappa shape index (κ1) is 23.9. The maximum absolute atomic E-state index is 12.8. The van der Waals surface area contributed by atoms with E-state index >= 15 is 0 Å². The van der Waals surface area contributed by atoms with Gasteiger partial charge in [0.15, 0.2) is 6.10 Å². The van der Waals surface area contributed by atoms with E-state index in [0.29, 0.717) is 42.8 Å². The summed E-state index contributed by atoms with van der Waals surface area (Å²) >= 11 is 0. The number of nitrogens with one attached hydrogen (secondary N) is 1. The van der Waals surface area contributed by atoms with Gasteiger partial charge in [-0.15, -0.1) is 0 Å². The van der Waals surface area contributed by atoms with Crippen molar-refractivity contribution in [3.8, 4) is 5.75 Å². The van der Waals surface area contributed by atoms with Crippen LogP contribution in [0.25, 0.3) is 11.0 Å². The molecule has 2 aliphatic carbocycles. The van der Waals surface area contributed by atoms with Crippen molar-refractivity contribution in [1.29, 1.82) is 0 Å². The van der Waals surface area contributed by atoms with Crippen molar-refractivity contribution in [2.75, 3.05) is 19.6 Å². The number of ether oxygens (including phenoxy) is 1. The maximum Gasteiger partial charge on any atom is 0.339 e. The van der Waals surface area contributed by atoms with Gasteiger partial charge in [0.25, 0.3) is 5.91 Å². The van der Waals surface area contributed by atoms with E-state index in [1.807, 2.05) is 19.1 Å². The molecule has 8 heteroatoms. The van der Waals surface area contributed by atoms with Crippen molar-refractivity contribution in [3.05, 3.63) is 39.2 Å². The molecule has 1 aromatic carbocycles. The topological polar surface area (TPSA) is 109 Å². The second kappa shape index (κ2) is 9.30. The summed E-state index contributed by atoms with van der Waals surface area (Å²) in [4.78, 5) is 39.7. The Morgan fingerprint density at radius 3 is 2.86 bits per heavy atom. The molecule has 35 heavy (non-hydrogen) atoms. The fraction of sp³-hybridized carbons (Fsp3) is 0.593. The Morgan fingerprint density at radius 1 is 1.23 bits per heavy atom. The zero-order valence-corrected chi connectivity index (χ0v) is 20.5. The highest BCUT2D eigenvalue weighted by Crippen LogP contribution is 2.40. The maximum atomic E-state index is 12.8. The van der Waals surface area contributed by atoms with Crippen LogP contribution in [0.3, 0.4) is 0 Å². The number of aryl methyl sites for hydroxylation is 2. The van der Waals surface area contributed by atoms with E-state index in [1.165, 1.54) is 0 Å². The van der Waals surface area contributed by atoms with Crippen LogP contribution >= 0.6 is 0 Å². The number of likely N-dealkylation sites (tertiary alicyclic amines) is 1. The summed E-state index contributed by atoms with van der Waals surface area (Å²) < 4.78 is 11.6. The van der Waals surface area contributed by atoms with E-state index in [4.69, 9.17) is 9.15 Å². The second-order valence-corrected chi connectivity index (χ2v) is 10.5. The predicted octanol–water partition coefficient (Wildman–Crippen LogP) is 2.63. The summed E-state index contributed by atoms with van der Waals surface area (Å²) in [6.07, 6.45) is 5.99. The van der Waals surface area contributed by atoms with Gasteiger partial charge >= 0.3 is 5.63 Å². The summed E-state index contributed by atoms with van der Waals surface area (Å²) in [5.74, 6) is 0.110. The highest BCUT2D eigenvalue weighted by atomic mass is 16.5. The van der Waals surface area contributed by atoms with Gasteiger partial charge in [-0.25, -0.2) is 4.79 Å². The SMILES string of the molecule is Cc1cc(O[C@H](C)C(=O)NCC(=O)N2CC[C@@]3(O)CCCC[C@H]3C2)c2c3c(c(=O)oc2c1)CCC3. The lowest BCUT2D eigenvalue weighted by atomic mass is 9.71. The second-order valence-electron chi connectivity index (χ2n) is 10.5. The van der Waals surface area contributed by atoms with Crippen molar-refractivity contribution >= 4 is 22.8 Å². The molecule has 1 saturated heterocycles. The minimum absolute atomic E-state index is 0.101. The van der Waals surface area contributed by atoms with Crippen LogP contribution < -0.4 is 15.7 Å². The number of carbonyl (C=O) groups excluding carboxylic acids is 2. The Kier molecular flexibility index (Phi) is 6.34. The molecular weight excluding hydrogens is 448 g/mol. The summed E-state index contributed by atoms with van der Waals surface area (Å²) in [7, 11) is 0. The number of rotatable bonds is 5. The van der Waals surface area contributed by atoms with Gasteiger partial charge in [0.2, 0.25) is 5.91 Å². The third kappa shape index (κ3) is 4.56. The summed E-state index contributed by atoms with van der Waals surface area (Å²) in [5.41, 5.74) is 2.04. The van der Waals surface area contributed by atoms with E-state index in [1.54, 1.807) is 11.8 Å². The molecule has 2 fully saturated rings. The Balaban J connectivity index is 1.24. The molecule has 0 bridgehead atoms. The number of hydrogen-bond donors (Lipinski definition) is 2. The van der Waals surface area contributed by atoms with Crippen LogP contribution in [0.5, 0.6) is 5.75 Å². The minimum atomic E-state index is -0.832. The predicted molar refractivity (Wildman–Crippen MR) is 130 cm³/mol. The van der Waals surface area contributed by atoms with Crippen molar-refractivity contribution < 1.29 is 23.8 Å². The van der Waals surface area contributed by atoms with Crippen LogP contribution in [0.2, 0.25) is 0 Å². The molecule has 2 N–H and O–H groups in total. The van der Waals surface area contributed by atoms with Crippen LogP contribution in [-0.4, -0.2) is 53.2 Å². The minimum Gasteiger partial charge on any atom is -0.480 e. The van der Waals surface area contributed by atoms with Crippen LogP contribution in [0, 0.1) is 12.8 Å². The molecule has 1 aromatic heterocycles. The van der Waals surface area contributed by atoms with Crippen molar-refractivity contribution in [2.45, 2.75) is 76.9 Å². The molecule has 0 spiro atoms. The highest BCUT2D eigenvalue weighted by Gasteiger charge is 2.43. The van der Waals surface area contributed by atoms with Crippen molar-refractivity contribution in [2.24, 2.45) is 5.92 Å². The van der Waals surface area contributed by atoms with Gasteiger partial charge in [0.1, 0.15) is 11.3 Å². The lowest BCUT2D eigenvalue weighted by Crippen LogP contribution is -2.56. The summed E-state index contributed by atoms with van der Waals surface area (Å²) in [6.45, 7) is 4.49. The monoisotopic (exact) mass is 482 g/mol. The summed E-state index contributed by atoms with van der Waals surface area (Å²) in [6, 6.07) is 3.67. The fourth-order valence-corrected chi connectivity index (χ4v) is 6.06.